The van der Waals surface area contributed by atoms with Crippen molar-refractivity contribution in [2.24, 2.45) is 18.9 Å². The second-order valence-electron chi connectivity index (χ2n) is 8.09. The maximum atomic E-state index is 12.8. The minimum absolute atomic E-state index is 0.239. The maximum Gasteiger partial charge on any atom is 0.222 e. The monoisotopic (exact) mass is 356 g/mol. The predicted octanol–water partition coefficient (Wildman–Crippen LogP) is 2.25. The van der Waals surface area contributed by atoms with Crippen molar-refractivity contribution in [1.82, 2.24) is 29.9 Å². The molecule has 0 unspecified atom stereocenters. The van der Waals surface area contributed by atoms with E-state index in [2.05, 4.69) is 29.1 Å². The van der Waals surface area contributed by atoms with Crippen molar-refractivity contribution >= 4 is 5.91 Å². The smallest absolute Gasteiger partial charge is 0.222 e. The van der Waals surface area contributed by atoms with Crippen LogP contribution in [0.3, 0.4) is 0 Å². The number of aromatic nitrogens is 5. The van der Waals surface area contributed by atoms with Gasteiger partial charge in [-0.3, -0.25) is 14.6 Å². The van der Waals surface area contributed by atoms with Crippen molar-refractivity contribution in [3.8, 4) is 0 Å². The van der Waals surface area contributed by atoms with Crippen LogP contribution >= 0.6 is 0 Å². The van der Waals surface area contributed by atoms with Crippen LogP contribution in [0.2, 0.25) is 0 Å². The number of aryl methyl sites for hydroxylation is 2. The molecule has 3 heterocycles. The van der Waals surface area contributed by atoms with Gasteiger partial charge in [-0.15, -0.1) is 0 Å². The van der Waals surface area contributed by atoms with E-state index in [1.807, 2.05) is 22.7 Å². The summed E-state index contributed by atoms with van der Waals surface area (Å²) >= 11 is 0. The summed E-state index contributed by atoms with van der Waals surface area (Å²) in [4.78, 5) is 19.6. The van der Waals surface area contributed by atoms with Gasteiger partial charge in [0.25, 0.3) is 0 Å². The van der Waals surface area contributed by atoms with E-state index in [1.165, 1.54) is 12.8 Å². The Balaban J connectivity index is 1.43. The number of likely N-dealkylation sites (tertiary alicyclic amines) is 1. The normalized spacial score (nSPS) is 23.2. The van der Waals surface area contributed by atoms with Crippen molar-refractivity contribution < 1.29 is 4.79 Å². The van der Waals surface area contributed by atoms with E-state index in [0.717, 1.165) is 42.8 Å². The first-order valence-corrected chi connectivity index (χ1v) is 9.69. The zero-order valence-electron chi connectivity index (χ0n) is 15.9. The minimum Gasteiger partial charge on any atom is -0.342 e. The van der Waals surface area contributed by atoms with Crippen LogP contribution in [-0.2, 0) is 18.3 Å². The molecule has 7 heteroatoms. The highest BCUT2D eigenvalue weighted by atomic mass is 16.2. The lowest BCUT2D eigenvalue weighted by Gasteiger charge is -2.16. The van der Waals surface area contributed by atoms with Gasteiger partial charge in [0.1, 0.15) is 5.82 Å². The molecule has 0 radical (unpaired) electrons. The molecule has 1 aliphatic carbocycles. The summed E-state index contributed by atoms with van der Waals surface area (Å²) in [6, 6.07) is 1.98. The number of H-pyrrole nitrogens is 1. The zero-order valence-corrected chi connectivity index (χ0v) is 15.9. The summed E-state index contributed by atoms with van der Waals surface area (Å²) in [5.74, 6) is 3.94. The average molecular weight is 356 g/mol. The topological polar surface area (TPSA) is 79.7 Å². The minimum atomic E-state index is 0.239. The largest absolute Gasteiger partial charge is 0.342 e. The molecule has 0 spiro atoms. The lowest BCUT2D eigenvalue weighted by molar-refractivity contribution is -0.130. The second-order valence-corrected chi connectivity index (χ2v) is 8.09. The molecular formula is C19H28N6O. The number of carbonyl (C=O) groups excluding carboxylic acids is 1. The number of nitrogens with one attached hydrogen (secondary N) is 1. The summed E-state index contributed by atoms with van der Waals surface area (Å²) in [6.45, 7) is 5.83. The van der Waals surface area contributed by atoms with E-state index in [0.29, 0.717) is 24.2 Å². The summed E-state index contributed by atoms with van der Waals surface area (Å²) in [7, 11) is 1.92. The van der Waals surface area contributed by atoms with E-state index < -0.39 is 0 Å². The molecule has 0 bridgehead atoms. The number of carbonyl (C=O) groups is 1. The van der Waals surface area contributed by atoms with E-state index in [-0.39, 0.29) is 5.91 Å². The zero-order chi connectivity index (χ0) is 18.3. The van der Waals surface area contributed by atoms with Crippen LogP contribution in [0.5, 0.6) is 0 Å². The van der Waals surface area contributed by atoms with Crippen LogP contribution in [-0.4, -0.2) is 48.9 Å². The molecule has 4 rings (SSSR count). The maximum absolute atomic E-state index is 12.8. The molecule has 2 atom stereocenters. The highest BCUT2D eigenvalue weighted by molar-refractivity contribution is 5.77. The fourth-order valence-electron chi connectivity index (χ4n) is 4.08. The fraction of sp³-hybridized carbons (Fsp3) is 0.684. The number of aromatic amines is 1. The molecule has 0 aromatic carbocycles. The van der Waals surface area contributed by atoms with Gasteiger partial charge in [-0.2, -0.15) is 10.2 Å². The van der Waals surface area contributed by atoms with Crippen molar-refractivity contribution in [3.05, 3.63) is 29.6 Å². The lowest BCUT2D eigenvalue weighted by atomic mass is 9.91. The number of nitrogens with zero attached hydrogens (tertiary/aromatic N) is 5. The average Bonchev–Trinajstić information content (AvgIpc) is 3.02. The van der Waals surface area contributed by atoms with Crippen molar-refractivity contribution in [2.75, 3.05) is 13.1 Å². The SMILES string of the molecule is CC(C)c1n[nH]c([C@H]2CN(C(=O)CCc3ccnn3C)C[C@@H]2C2CC2)n1. The first kappa shape index (κ1) is 17.2. The Labute approximate surface area is 154 Å². The standard InChI is InChI=1S/C19H28N6O/c1-12(2)18-21-19(23-22-18)16-11-25(10-15(16)13-4-5-13)17(26)7-6-14-8-9-20-24(14)3/h8-9,12-13,15-16H,4-7,10-11H2,1-3H3,(H,21,22,23)/t15-,16+/m1/s1. The predicted molar refractivity (Wildman–Crippen MR) is 97.5 cm³/mol. The van der Waals surface area contributed by atoms with Gasteiger partial charge in [0, 0.05) is 50.3 Å². The molecule has 140 valence electrons. The Morgan fingerprint density at radius 1 is 1.35 bits per heavy atom. The van der Waals surface area contributed by atoms with Gasteiger partial charge in [0.2, 0.25) is 5.91 Å². The molecule has 1 saturated heterocycles. The molecule has 26 heavy (non-hydrogen) atoms. The van der Waals surface area contributed by atoms with Crippen LogP contribution in [0, 0.1) is 11.8 Å². The third-order valence-electron chi connectivity index (χ3n) is 5.85. The van der Waals surface area contributed by atoms with Crippen molar-refractivity contribution in [3.63, 3.8) is 0 Å². The number of amides is 1. The molecule has 2 aliphatic rings. The molecule has 2 aromatic heterocycles. The summed E-state index contributed by atoms with van der Waals surface area (Å²) in [5, 5.41) is 11.7. The number of hydrogen-bond acceptors (Lipinski definition) is 4. The third kappa shape index (κ3) is 3.39. The summed E-state index contributed by atoms with van der Waals surface area (Å²) < 4.78 is 1.84. The Bertz CT molecular complexity index is 775. The molecular weight excluding hydrogens is 328 g/mol. The van der Waals surface area contributed by atoms with Crippen LogP contribution in [0.4, 0.5) is 0 Å². The number of rotatable bonds is 6. The molecule has 2 aromatic rings. The Morgan fingerprint density at radius 2 is 2.15 bits per heavy atom. The van der Waals surface area contributed by atoms with Gasteiger partial charge in [-0.1, -0.05) is 13.8 Å². The quantitative estimate of drug-likeness (QED) is 0.861. The van der Waals surface area contributed by atoms with Crippen molar-refractivity contribution in [1.29, 1.82) is 0 Å². The Morgan fingerprint density at radius 3 is 2.77 bits per heavy atom. The Kier molecular flexibility index (Phi) is 4.54. The second kappa shape index (κ2) is 6.85. The number of hydrogen-bond donors (Lipinski definition) is 1. The molecule has 1 saturated carbocycles. The fourth-order valence-corrected chi connectivity index (χ4v) is 4.08. The highest BCUT2D eigenvalue weighted by Crippen LogP contribution is 2.47. The van der Waals surface area contributed by atoms with Gasteiger partial charge < -0.3 is 4.90 Å². The third-order valence-corrected chi connectivity index (χ3v) is 5.85. The molecule has 7 nitrogen and oxygen atoms in total. The van der Waals surface area contributed by atoms with E-state index >= 15 is 0 Å². The summed E-state index contributed by atoms with van der Waals surface area (Å²) in [6.07, 6.45) is 5.62. The van der Waals surface area contributed by atoms with E-state index in [4.69, 9.17) is 4.98 Å². The molecule has 1 N–H and O–H groups in total. The first-order valence-electron chi connectivity index (χ1n) is 9.69. The van der Waals surface area contributed by atoms with Gasteiger partial charge in [0.15, 0.2) is 5.82 Å². The van der Waals surface area contributed by atoms with Crippen LogP contribution in [0.25, 0.3) is 0 Å². The lowest BCUT2D eigenvalue weighted by Crippen LogP contribution is -2.29. The van der Waals surface area contributed by atoms with Crippen LogP contribution in [0.15, 0.2) is 12.3 Å². The van der Waals surface area contributed by atoms with Gasteiger partial charge in [-0.25, -0.2) is 4.98 Å². The van der Waals surface area contributed by atoms with Crippen molar-refractivity contribution in [2.45, 2.75) is 51.4 Å². The molecule has 1 aliphatic heterocycles. The first-order chi connectivity index (χ1) is 12.5. The van der Waals surface area contributed by atoms with Crippen LogP contribution in [0.1, 0.15) is 62.3 Å². The van der Waals surface area contributed by atoms with Gasteiger partial charge in [0.05, 0.1) is 0 Å². The molecule has 1 amide bonds. The van der Waals surface area contributed by atoms with E-state index in [1.54, 1.807) is 6.20 Å². The van der Waals surface area contributed by atoms with Crippen LogP contribution < -0.4 is 0 Å². The van der Waals surface area contributed by atoms with Gasteiger partial charge >= 0.3 is 0 Å². The molecule has 2 fully saturated rings. The summed E-state index contributed by atoms with van der Waals surface area (Å²) in [5.41, 5.74) is 1.10. The Hall–Kier alpha value is -2.18. The van der Waals surface area contributed by atoms with Gasteiger partial charge in [-0.05, 0) is 37.2 Å². The highest BCUT2D eigenvalue weighted by Gasteiger charge is 2.45. The van der Waals surface area contributed by atoms with E-state index in [9.17, 15) is 4.79 Å².